The van der Waals surface area contributed by atoms with Crippen molar-refractivity contribution in [3.8, 4) is 5.88 Å². The Morgan fingerprint density at radius 3 is 2.81 bits per heavy atom. The van der Waals surface area contributed by atoms with Crippen LogP contribution in [-0.4, -0.2) is 56.8 Å². The Balaban J connectivity index is 1.34. The summed E-state index contributed by atoms with van der Waals surface area (Å²) >= 11 is 0. The summed E-state index contributed by atoms with van der Waals surface area (Å²) in [6, 6.07) is 4.00. The van der Waals surface area contributed by atoms with E-state index < -0.39 is 10.0 Å². The maximum Gasteiger partial charge on any atom is 0.250 e. The molecule has 0 saturated carbocycles. The fourth-order valence-corrected chi connectivity index (χ4v) is 5.40. The molecule has 0 radical (unpaired) electrons. The van der Waals surface area contributed by atoms with Crippen LogP contribution in [0.2, 0.25) is 0 Å². The van der Waals surface area contributed by atoms with E-state index in [0.29, 0.717) is 38.0 Å². The van der Waals surface area contributed by atoms with Crippen LogP contribution >= 0.6 is 0 Å². The fourth-order valence-electron chi connectivity index (χ4n) is 3.86. The molecule has 0 spiro atoms. The van der Waals surface area contributed by atoms with Gasteiger partial charge in [-0.1, -0.05) is 6.07 Å². The minimum absolute atomic E-state index is 0.185. The Hall–Kier alpha value is -2.46. The van der Waals surface area contributed by atoms with Crippen LogP contribution < -0.4 is 4.74 Å². The maximum atomic E-state index is 13.1. The number of hydrogen-bond acceptors (Lipinski definition) is 6. The summed E-state index contributed by atoms with van der Waals surface area (Å²) in [4.78, 5) is 4.34. The van der Waals surface area contributed by atoms with E-state index >= 15 is 0 Å². The van der Waals surface area contributed by atoms with Crippen molar-refractivity contribution >= 4 is 15.7 Å². The Morgan fingerprint density at radius 2 is 1.96 bits per heavy atom. The molecule has 0 unspecified atom stereocenters. The van der Waals surface area contributed by atoms with Crippen molar-refractivity contribution in [2.24, 2.45) is 0 Å². The van der Waals surface area contributed by atoms with E-state index in [0.717, 1.165) is 30.5 Å². The molecule has 142 valence electrons. The number of sulfonamides is 1. The van der Waals surface area contributed by atoms with Crippen LogP contribution in [0.1, 0.15) is 30.7 Å². The number of nitrogens with zero attached hydrogens (tertiary/aromatic N) is 6. The van der Waals surface area contributed by atoms with Crippen LogP contribution in [0.3, 0.4) is 0 Å². The summed E-state index contributed by atoms with van der Waals surface area (Å²) in [5, 5.41) is 8.35. The van der Waals surface area contributed by atoms with E-state index in [4.69, 9.17) is 4.74 Å². The lowest BCUT2D eigenvalue weighted by Crippen LogP contribution is -2.38. The van der Waals surface area contributed by atoms with Gasteiger partial charge in [0.15, 0.2) is 10.5 Å². The molecule has 1 fully saturated rings. The van der Waals surface area contributed by atoms with Gasteiger partial charge in [-0.05, 0) is 30.4 Å². The summed E-state index contributed by atoms with van der Waals surface area (Å²) in [5.41, 5.74) is 1.97. The van der Waals surface area contributed by atoms with E-state index in [1.54, 1.807) is 13.5 Å². The molecule has 0 N–H and O–H groups in total. The maximum absolute atomic E-state index is 13.1. The molecule has 5 rings (SSSR count). The van der Waals surface area contributed by atoms with E-state index in [2.05, 4.69) is 21.2 Å². The summed E-state index contributed by atoms with van der Waals surface area (Å²) in [6.07, 6.45) is 7.31. The lowest BCUT2D eigenvalue weighted by Gasteiger charge is -2.31. The number of aryl methyl sites for hydroxylation is 1. The molecule has 3 aromatic heterocycles. The lowest BCUT2D eigenvalue weighted by atomic mass is 9.91. The second kappa shape index (κ2) is 6.31. The molecule has 5 heterocycles. The van der Waals surface area contributed by atoms with Crippen molar-refractivity contribution in [1.29, 1.82) is 0 Å². The highest BCUT2D eigenvalue weighted by atomic mass is 32.2. The molecule has 1 saturated heterocycles. The summed E-state index contributed by atoms with van der Waals surface area (Å²) in [7, 11) is -3.59. The van der Waals surface area contributed by atoms with Crippen molar-refractivity contribution in [2.75, 3.05) is 19.7 Å². The number of hydrogen-bond donors (Lipinski definition) is 0. The minimum atomic E-state index is -3.59. The van der Waals surface area contributed by atoms with Crippen LogP contribution in [0.5, 0.6) is 5.88 Å². The molecule has 9 nitrogen and oxygen atoms in total. The average Bonchev–Trinajstić information content (AvgIpc) is 3.34. The van der Waals surface area contributed by atoms with Crippen LogP contribution in [-0.2, 0) is 16.6 Å². The molecule has 0 aliphatic carbocycles. The molecule has 2 aliphatic heterocycles. The van der Waals surface area contributed by atoms with Crippen LogP contribution in [0.15, 0.2) is 35.7 Å². The van der Waals surface area contributed by atoms with Gasteiger partial charge in [-0.15, -0.1) is 0 Å². The van der Waals surface area contributed by atoms with E-state index in [9.17, 15) is 8.42 Å². The number of ether oxygens (including phenoxy) is 1. The quantitative estimate of drug-likeness (QED) is 0.671. The zero-order valence-electron chi connectivity index (χ0n) is 14.7. The van der Waals surface area contributed by atoms with Gasteiger partial charge in [0.2, 0.25) is 15.9 Å². The van der Waals surface area contributed by atoms with Gasteiger partial charge in [-0.3, -0.25) is 0 Å². The second-order valence-corrected chi connectivity index (χ2v) is 8.85. The van der Waals surface area contributed by atoms with Gasteiger partial charge >= 0.3 is 0 Å². The predicted molar refractivity (Wildman–Crippen MR) is 96.1 cm³/mol. The van der Waals surface area contributed by atoms with Crippen molar-refractivity contribution < 1.29 is 13.2 Å². The van der Waals surface area contributed by atoms with Gasteiger partial charge in [0, 0.05) is 32.3 Å². The predicted octanol–water partition coefficient (Wildman–Crippen LogP) is 1.28. The number of pyridine rings is 1. The van der Waals surface area contributed by atoms with Gasteiger partial charge in [0.25, 0.3) is 0 Å². The number of aromatic nitrogens is 5. The molecular weight excluding hydrogens is 368 g/mol. The summed E-state index contributed by atoms with van der Waals surface area (Å²) < 4.78 is 36.7. The largest absolute Gasteiger partial charge is 0.477 e. The number of piperidine rings is 1. The Bertz CT molecular complexity index is 1080. The average molecular weight is 388 g/mol. The second-order valence-electron chi connectivity index (χ2n) is 6.94. The first-order valence-electron chi connectivity index (χ1n) is 9.11. The third-order valence-corrected chi connectivity index (χ3v) is 7.23. The van der Waals surface area contributed by atoms with Crippen molar-refractivity contribution in [2.45, 2.75) is 36.6 Å². The molecule has 0 aromatic carbocycles. The zero-order chi connectivity index (χ0) is 18.4. The Labute approximate surface area is 156 Å². The first-order valence-corrected chi connectivity index (χ1v) is 10.5. The smallest absolute Gasteiger partial charge is 0.250 e. The van der Waals surface area contributed by atoms with E-state index in [1.165, 1.54) is 12.5 Å². The molecule has 0 bridgehead atoms. The summed E-state index contributed by atoms with van der Waals surface area (Å²) in [5.74, 6) is 0.683. The van der Waals surface area contributed by atoms with Gasteiger partial charge in [0.1, 0.15) is 6.33 Å². The molecule has 10 heteroatoms. The van der Waals surface area contributed by atoms with E-state index in [-0.39, 0.29) is 4.90 Å². The number of fused-ring (bicyclic) bond motifs is 2. The Kier molecular flexibility index (Phi) is 3.90. The van der Waals surface area contributed by atoms with E-state index in [1.807, 2.05) is 12.3 Å². The Morgan fingerprint density at radius 1 is 1.11 bits per heavy atom. The first-order chi connectivity index (χ1) is 13.1. The van der Waals surface area contributed by atoms with Crippen molar-refractivity contribution in [1.82, 2.24) is 28.7 Å². The van der Waals surface area contributed by atoms with Gasteiger partial charge in [-0.25, -0.2) is 22.6 Å². The monoisotopic (exact) mass is 388 g/mol. The highest BCUT2D eigenvalue weighted by molar-refractivity contribution is 7.89. The lowest BCUT2D eigenvalue weighted by molar-refractivity contribution is 0.223. The van der Waals surface area contributed by atoms with Crippen molar-refractivity contribution in [3.63, 3.8) is 0 Å². The van der Waals surface area contributed by atoms with Gasteiger partial charge < -0.3 is 4.74 Å². The summed E-state index contributed by atoms with van der Waals surface area (Å²) in [6.45, 7) is 2.18. The topological polar surface area (TPSA) is 94.6 Å². The molecule has 0 amide bonds. The SMILES string of the molecule is O=S(=O)(c1cnn2c1OCCC2)N1CCC(c2ccc3ncnn3c2)CC1. The first kappa shape index (κ1) is 16.7. The highest BCUT2D eigenvalue weighted by Crippen LogP contribution is 2.34. The molecule has 0 atom stereocenters. The van der Waals surface area contributed by atoms with Gasteiger partial charge in [-0.2, -0.15) is 14.5 Å². The van der Waals surface area contributed by atoms with Crippen LogP contribution in [0, 0.1) is 0 Å². The number of rotatable bonds is 3. The third-order valence-electron chi connectivity index (χ3n) is 5.35. The molecule has 2 aliphatic rings. The fraction of sp³-hybridized carbons (Fsp3) is 0.471. The van der Waals surface area contributed by atoms with Crippen LogP contribution in [0.25, 0.3) is 5.65 Å². The molecule has 3 aromatic rings. The zero-order valence-corrected chi connectivity index (χ0v) is 15.5. The normalized spacial score (nSPS) is 19.1. The van der Waals surface area contributed by atoms with Crippen LogP contribution in [0.4, 0.5) is 0 Å². The minimum Gasteiger partial charge on any atom is -0.477 e. The highest BCUT2D eigenvalue weighted by Gasteiger charge is 2.34. The molecular formula is C17H20N6O3S. The molecule has 27 heavy (non-hydrogen) atoms. The van der Waals surface area contributed by atoms with Gasteiger partial charge in [0.05, 0.1) is 12.8 Å². The van der Waals surface area contributed by atoms with Crippen molar-refractivity contribution in [3.05, 3.63) is 36.4 Å². The standard InChI is InChI=1S/C17H20N6O3S/c24-27(25,15-10-19-22-6-1-9-26-17(15)22)21-7-4-13(5-8-21)14-2-3-16-18-12-20-23(16)11-14/h2-3,10-13H,1,4-9H2. The third kappa shape index (κ3) is 2.79.